The number of nitrogens with one attached hydrogen (secondary N) is 1. The van der Waals surface area contributed by atoms with Gasteiger partial charge in [0.25, 0.3) is 0 Å². The molecule has 1 aliphatic rings. The van der Waals surface area contributed by atoms with Crippen LogP contribution in [0.4, 0.5) is 17.5 Å². The van der Waals surface area contributed by atoms with Gasteiger partial charge in [-0.05, 0) is 31.0 Å². The molecule has 0 spiro atoms. The minimum Gasteiger partial charge on any atom is -0.341 e. The molecule has 0 bridgehead atoms. The van der Waals surface area contributed by atoms with Gasteiger partial charge in [0.15, 0.2) is 5.82 Å². The Hall–Kier alpha value is -2.18. The van der Waals surface area contributed by atoms with Gasteiger partial charge in [-0.25, -0.2) is 19.9 Å². The summed E-state index contributed by atoms with van der Waals surface area (Å²) in [6.45, 7) is 1.96. The molecule has 0 amide bonds. The van der Waals surface area contributed by atoms with Gasteiger partial charge < -0.3 is 10.2 Å². The van der Waals surface area contributed by atoms with E-state index >= 15 is 0 Å². The van der Waals surface area contributed by atoms with Crippen LogP contribution in [0.5, 0.6) is 0 Å². The van der Waals surface area contributed by atoms with Crippen molar-refractivity contribution in [3.05, 3.63) is 40.8 Å². The van der Waals surface area contributed by atoms with E-state index in [9.17, 15) is 0 Å². The summed E-state index contributed by atoms with van der Waals surface area (Å²) >= 11 is 12.0. The quantitative estimate of drug-likeness (QED) is 0.759. The van der Waals surface area contributed by atoms with E-state index in [1.54, 1.807) is 18.3 Å². The molecule has 3 heterocycles. The van der Waals surface area contributed by atoms with Gasteiger partial charge in [-0.2, -0.15) is 0 Å². The van der Waals surface area contributed by atoms with Crippen LogP contribution in [0, 0.1) is 0 Å². The van der Waals surface area contributed by atoms with E-state index in [1.165, 1.54) is 19.2 Å². The van der Waals surface area contributed by atoms with Crippen molar-refractivity contribution in [3.63, 3.8) is 0 Å². The largest absolute Gasteiger partial charge is 0.341 e. The lowest BCUT2D eigenvalue weighted by Gasteiger charge is -2.15. The summed E-state index contributed by atoms with van der Waals surface area (Å²) in [5.41, 5.74) is 2.15. The SMILES string of the molecule is Clc1ccc(Nc2ncnc3cnc(N4CCCC4)nc23)cc1Cl. The van der Waals surface area contributed by atoms with Gasteiger partial charge in [0, 0.05) is 18.8 Å². The molecule has 0 unspecified atom stereocenters. The standard InChI is InChI=1S/C16H14Cl2N6/c17-11-4-3-10(7-12(11)18)22-15-14-13(20-9-21-15)8-19-16(23-14)24-5-1-2-6-24/h3-4,7-9H,1-2,5-6H2,(H,20,21,22). The van der Waals surface area contributed by atoms with Crippen LogP contribution in [0.1, 0.15) is 12.8 Å². The molecule has 0 aliphatic carbocycles. The van der Waals surface area contributed by atoms with Crippen LogP contribution in [-0.4, -0.2) is 33.0 Å². The van der Waals surface area contributed by atoms with E-state index in [1.807, 2.05) is 6.07 Å². The zero-order chi connectivity index (χ0) is 16.5. The fourth-order valence-electron chi connectivity index (χ4n) is 2.72. The second-order valence-corrected chi connectivity index (χ2v) is 6.39. The van der Waals surface area contributed by atoms with E-state index < -0.39 is 0 Å². The average Bonchev–Trinajstić information content (AvgIpc) is 3.13. The van der Waals surface area contributed by atoms with Gasteiger partial charge in [-0.1, -0.05) is 23.2 Å². The number of hydrogen-bond donors (Lipinski definition) is 1. The Labute approximate surface area is 148 Å². The third-order valence-corrected chi connectivity index (χ3v) is 4.67. The summed E-state index contributed by atoms with van der Waals surface area (Å²) in [6, 6.07) is 5.32. The smallest absolute Gasteiger partial charge is 0.226 e. The maximum atomic E-state index is 6.07. The number of hydrogen-bond acceptors (Lipinski definition) is 6. The predicted octanol–water partition coefficient (Wildman–Crippen LogP) is 4.07. The first kappa shape index (κ1) is 15.4. The molecule has 1 aromatic carbocycles. The molecular weight excluding hydrogens is 347 g/mol. The lowest BCUT2D eigenvalue weighted by molar-refractivity contribution is 0.905. The molecule has 0 atom stereocenters. The van der Waals surface area contributed by atoms with Crippen LogP contribution in [0.15, 0.2) is 30.7 Å². The van der Waals surface area contributed by atoms with Crippen LogP contribution in [0.3, 0.4) is 0 Å². The number of halogens is 2. The summed E-state index contributed by atoms with van der Waals surface area (Å²) < 4.78 is 0. The Morgan fingerprint density at radius 3 is 2.62 bits per heavy atom. The molecule has 8 heteroatoms. The maximum absolute atomic E-state index is 6.07. The number of aromatic nitrogens is 4. The minimum absolute atomic E-state index is 0.479. The zero-order valence-corrected chi connectivity index (χ0v) is 14.2. The Balaban J connectivity index is 1.73. The molecule has 1 fully saturated rings. The van der Waals surface area contributed by atoms with E-state index in [-0.39, 0.29) is 0 Å². The lowest BCUT2D eigenvalue weighted by atomic mass is 10.3. The van der Waals surface area contributed by atoms with E-state index in [0.717, 1.165) is 18.8 Å². The summed E-state index contributed by atoms with van der Waals surface area (Å²) in [7, 11) is 0. The first-order valence-corrected chi connectivity index (χ1v) is 8.41. The van der Waals surface area contributed by atoms with Gasteiger partial charge in [-0.15, -0.1) is 0 Å². The van der Waals surface area contributed by atoms with Gasteiger partial charge in [0.05, 0.1) is 16.2 Å². The first-order chi connectivity index (χ1) is 11.7. The van der Waals surface area contributed by atoms with Gasteiger partial charge in [0.2, 0.25) is 5.95 Å². The summed E-state index contributed by atoms with van der Waals surface area (Å²) in [4.78, 5) is 19.8. The molecule has 2 aromatic heterocycles. The molecule has 6 nitrogen and oxygen atoms in total. The minimum atomic E-state index is 0.479. The second kappa shape index (κ2) is 6.37. The summed E-state index contributed by atoms with van der Waals surface area (Å²) in [5.74, 6) is 1.33. The third-order valence-electron chi connectivity index (χ3n) is 3.94. The van der Waals surface area contributed by atoms with Crippen molar-refractivity contribution < 1.29 is 0 Å². The molecule has 24 heavy (non-hydrogen) atoms. The number of nitrogens with zero attached hydrogens (tertiary/aromatic N) is 5. The number of fused-ring (bicyclic) bond motifs is 1. The van der Waals surface area contributed by atoms with Gasteiger partial charge in [0.1, 0.15) is 17.4 Å². The van der Waals surface area contributed by atoms with Crippen molar-refractivity contribution in [1.82, 2.24) is 19.9 Å². The fourth-order valence-corrected chi connectivity index (χ4v) is 3.01. The molecular formula is C16H14Cl2N6. The van der Waals surface area contributed by atoms with E-state index in [0.29, 0.717) is 32.8 Å². The first-order valence-electron chi connectivity index (χ1n) is 7.65. The molecule has 1 N–H and O–H groups in total. The Morgan fingerprint density at radius 2 is 1.83 bits per heavy atom. The van der Waals surface area contributed by atoms with Crippen molar-refractivity contribution in [1.29, 1.82) is 0 Å². The molecule has 1 aliphatic heterocycles. The van der Waals surface area contributed by atoms with Gasteiger partial charge in [-0.3, -0.25) is 0 Å². The highest BCUT2D eigenvalue weighted by molar-refractivity contribution is 6.42. The summed E-state index contributed by atoms with van der Waals surface area (Å²) in [6.07, 6.45) is 5.56. The lowest BCUT2D eigenvalue weighted by Crippen LogP contribution is -2.20. The van der Waals surface area contributed by atoms with Gasteiger partial charge >= 0.3 is 0 Å². The van der Waals surface area contributed by atoms with Crippen molar-refractivity contribution in [2.75, 3.05) is 23.3 Å². The van der Waals surface area contributed by atoms with E-state index in [4.69, 9.17) is 23.2 Å². The van der Waals surface area contributed by atoms with Crippen molar-refractivity contribution in [3.8, 4) is 0 Å². The average molecular weight is 361 g/mol. The Kier molecular flexibility index (Phi) is 4.08. The second-order valence-electron chi connectivity index (χ2n) is 5.57. The third kappa shape index (κ3) is 2.95. The predicted molar refractivity (Wildman–Crippen MR) is 96.3 cm³/mol. The molecule has 0 saturated carbocycles. The van der Waals surface area contributed by atoms with Crippen molar-refractivity contribution in [2.45, 2.75) is 12.8 Å². The Bertz CT molecular complexity index is 895. The van der Waals surface area contributed by atoms with Crippen LogP contribution < -0.4 is 10.2 Å². The van der Waals surface area contributed by atoms with E-state index in [2.05, 4.69) is 30.2 Å². The number of benzene rings is 1. The normalized spacial score (nSPS) is 14.3. The van der Waals surface area contributed by atoms with Crippen LogP contribution in [-0.2, 0) is 0 Å². The molecule has 0 radical (unpaired) electrons. The molecule has 4 rings (SSSR count). The van der Waals surface area contributed by atoms with Crippen molar-refractivity contribution >= 4 is 51.7 Å². The van der Waals surface area contributed by atoms with Crippen LogP contribution in [0.2, 0.25) is 10.0 Å². The monoisotopic (exact) mass is 360 g/mol. The maximum Gasteiger partial charge on any atom is 0.226 e. The topological polar surface area (TPSA) is 66.8 Å². The molecule has 3 aromatic rings. The van der Waals surface area contributed by atoms with Crippen molar-refractivity contribution in [2.24, 2.45) is 0 Å². The fraction of sp³-hybridized carbons (Fsp3) is 0.250. The highest BCUT2D eigenvalue weighted by Gasteiger charge is 2.16. The molecule has 122 valence electrons. The number of anilines is 3. The number of rotatable bonds is 3. The van der Waals surface area contributed by atoms with Crippen LogP contribution in [0.25, 0.3) is 11.0 Å². The molecule has 1 saturated heterocycles. The van der Waals surface area contributed by atoms with Crippen LogP contribution >= 0.6 is 23.2 Å². The Morgan fingerprint density at radius 1 is 1.00 bits per heavy atom. The highest BCUT2D eigenvalue weighted by Crippen LogP contribution is 2.28. The highest BCUT2D eigenvalue weighted by atomic mass is 35.5. The zero-order valence-electron chi connectivity index (χ0n) is 12.7. The summed E-state index contributed by atoms with van der Waals surface area (Å²) in [5, 5.41) is 4.22.